The molecule has 0 saturated carbocycles. The van der Waals surface area contributed by atoms with E-state index in [2.05, 4.69) is 10.0 Å². The molecule has 5 nitrogen and oxygen atoms in total. The number of fused-ring (bicyclic) bond motifs is 1. The van der Waals surface area contributed by atoms with Gasteiger partial charge in [0, 0.05) is 25.4 Å². The zero-order chi connectivity index (χ0) is 14.0. The van der Waals surface area contributed by atoms with Crippen LogP contribution in [-0.2, 0) is 21.2 Å². The monoisotopic (exact) mass is 296 g/mol. The normalized spacial score (nSPS) is 21.7. The summed E-state index contributed by atoms with van der Waals surface area (Å²) in [6.07, 6.45) is 4.02. The molecular formula is C14H20N2O3S. The molecule has 1 fully saturated rings. The van der Waals surface area contributed by atoms with Gasteiger partial charge < -0.3 is 10.1 Å². The molecule has 3 rings (SSSR count). The minimum atomic E-state index is -3.42. The van der Waals surface area contributed by atoms with Crippen LogP contribution in [0, 0.1) is 0 Å². The summed E-state index contributed by atoms with van der Waals surface area (Å²) in [6.45, 7) is 2.11. The summed E-state index contributed by atoms with van der Waals surface area (Å²) >= 11 is 0. The van der Waals surface area contributed by atoms with Gasteiger partial charge in [-0.2, -0.15) is 0 Å². The molecule has 0 aliphatic carbocycles. The van der Waals surface area contributed by atoms with Gasteiger partial charge in [-0.15, -0.1) is 0 Å². The average molecular weight is 296 g/mol. The fourth-order valence-electron chi connectivity index (χ4n) is 2.75. The number of sulfonamides is 1. The highest BCUT2D eigenvalue weighted by Gasteiger charge is 2.20. The number of rotatable bonds is 5. The van der Waals surface area contributed by atoms with Gasteiger partial charge in [-0.1, -0.05) is 6.07 Å². The molecule has 2 aliphatic heterocycles. The van der Waals surface area contributed by atoms with Crippen molar-refractivity contribution in [3.8, 4) is 0 Å². The predicted octanol–water partition coefficient (Wildman–Crippen LogP) is 1.50. The predicted molar refractivity (Wildman–Crippen MR) is 77.4 cm³/mol. The quantitative estimate of drug-likeness (QED) is 0.864. The van der Waals surface area contributed by atoms with E-state index in [9.17, 15) is 8.42 Å². The number of hydrogen-bond donors (Lipinski definition) is 2. The Morgan fingerprint density at radius 2 is 2.30 bits per heavy atom. The SMILES string of the molecule is O=S(=O)(NCCC1CCCO1)c1ccc2c(c1)NCC2. The van der Waals surface area contributed by atoms with Crippen molar-refractivity contribution >= 4 is 15.7 Å². The Balaban J connectivity index is 1.62. The van der Waals surface area contributed by atoms with Crippen LogP contribution in [0.25, 0.3) is 0 Å². The number of anilines is 1. The fraction of sp³-hybridized carbons (Fsp3) is 0.571. The lowest BCUT2D eigenvalue weighted by Gasteiger charge is -2.11. The van der Waals surface area contributed by atoms with Gasteiger partial charge in [-0.05, 0) is 43.4 Å². The first-order valence-electron chi connectivity index (χ1n) is 7.13. The van der Waals surface area contributed by atoms with Gasteiger partial charge in [0.25, 0.3) is 0 Å². The van der Waals surface area contributed by atoms with Crippen molar-refractivity contribution in [1.29, 1.82) is 0 Å². The first kappa shape index (κ1) is 13.9. The Labute approximate surface area is 119 Å². The third-order valence-corrected chi connectivity index (χ3v) is 5.34. The minimum absolute atomic E-state index is 0.208. The van der Waals surface area contributed by atoms with Crippen LogP contribution in [0.15, 0.2) is 23.1 Å². The molecule has 1 saturated heterocycles. The standard InChI is InChI=1S/C14H20N2O3S/c17-20(18,16-8-6-12-2-1-9-19-12)13-4-3-11-5-7-15-14(11)10-13/h3-4,10,12,15-16H,1-2,5-9H2. The maximum atomic E-state index is 12.2. The van der Waals surface area contributed by atoms with Crippen LogP contribution in [0.5, 0.6) is 0 Å². The molecule has 0 aromatic heterocycles. The molecule has 2 heterocycles. The van der Waals surface area contributed by atoms with Gasteiger partial charge in [0.2, 0.25) is 10.0 Å². The van der Waals surface area contributed by atoms with Crippen LogP contribution < -0.4 is 10.0 Å². The van der Waals surface area contributed by atoms with E-state index < -0.39 is 10.0 Å². The second-order valence-corrected chi connectivity index (χ2v) is 7.08. The molecule has 1 atom stereocenters. The van der Waals surface area contributed by atoms with E-state index in [4.69, 9.17) is 4.74 Å². The van der Waals surface area contributed by atoms with Gasteiger partial charge in [0.1, 0.15) is 0 Å². The van der Waals surface area contributed by atoms with Crippen molar-refractivity contribution in [1.82, 2.24) is 4.72 Å². The first-order chi connectivity index (χ1) is 9.65. The molecule has 6 heteroatoms. The van der Waals surface area contributed by atoms with Gasteiger partial charge in [-0.3, -0.25) is 0 Å². The van der Waals surface area contributed by atoms with E-state index >= 15 is 0 Å². The largest absolute Gasteiger partial charge is 0.384 e. The molecule has 0 amide bonds. The number of nitrogens with one attached hydrogen (secondary N) is 2. The molecule has 0 spiro atoms. The topological polar surface area (TPSA) is 67.4 Å². The maximum Gasteiger partial charge on any atom is 0.240 e. The van der Waals surface area contributed by atoms with Crippen LogP contribution in [-0.4, -0.2) is 34.2 Å². The van der Waals surface area contributed by atoms with E-state index in [1.54, 1.807) is 12.1 Å². The number of benzene rings is 1. The van der Waals surface area contributed by atoms with E-state index in [0.717, 1.165) is 44.5 Å². The summed E-state index contributed by atoms with van der Waals surface area (Å²) < 4.78 is 32.6. The summed E-state index contributed by atoms with van der Waals surface area (Å²) in [4.78, 5) is 0.331. The van der Waals surface area contributed by atoms with E-state index in [-0.39, 0.29) is 6.10 Å². The Morgan fingerprint density at radius 3 is 3.10 bits per heavy atom. The van der Waals surface area contributed by atoms with Gasteiger partial charge in [0.05, 0.1) is 11.0 Å². The van der Waals surface area contributed by atoms with E-state index in [1.807, 2.05) is 6.07 Å². The van der Waals surface area contributed by atoms with Crippen LogP contribution in [0.4, 0.5) is 5.69 Å². The Bertz CT molecular complexity index is 580. The van der Waals surface area contributed by atoms with Gasteiger partial charge in [0.15, 0.2) is 0 Å². The molecule has 1 aromatic rings. The zero-order valence-electron chi connectivity index (χ0n) is 11.4. The minimum Gasteiger partial charge on any atom is -0.384 e. The van der Waals surface area contributed by atoms with Gasteiger partial charge >= 0.3 is 0 Å². The highest BCUT2D eigenvalue weighted by Crippen LogP contribution is 2.25. The van der Waals surface area contributed by atoms with Crippen LogP contribution in [0.3, 0.4) is 0 Å². The third-order valence-electron chi connectivity index (χ3n) is 3.88. The molecule has 1 unspecified atom stereocenters. The van der Waals surface area contributed by atoms with Gasteiger partial charge in [-0.25, -0.2) is 13.1 Å². The molecule has 0 radical (unpaired) electrons. The zero-order valence-corrected chi connectivity index (χ0v) is 12.2. The summed E-state index contributed by atoms with van der Waals surface area (Å²) in [5.41, 5.74) is 2.12. The lowest BCUT2D eigenvalue weighted by molar-refractivity contribution is 0.105. The lowest BCUT2D eigenvalue weighted by Crippen LogP contribution is -2.27. The highest BCUT2D eigenvalue weighted by atomic mass is 32.2. The Hall–Kier alpha value is -1.11. The average Bonchev–Trinajstić information content (AvgIpc) is 3.08. The number of hydrogen-bond acceptors (Lipinski definition) is 4. The summed E-state index contributed by atoms with van der Waals surface area (Å²) in [5, 5.41) is 3.20. The molecule has 2 aliphatic rings. The second-order valence-electron chi connectivity index (χ2n) is 5.32. The summed E-state index contributed by atoms with van der Waals surface area (Å²) in [5.74, 6) is 0. The van der Waals surface area contributed by atoms with Crippen LogP contribution in [0.1, 0.15) is 24.8 Å². The fourth-order valence-corrected chi connectivity index (χ4v) is 3.82. The third kappa shape index (κ3) is 2.97. The Morgan fingerprint density at radius 1 is 1.40 bits per heavy atom. The summed E-state index contributed by atoms with van der Waals surface area (Å²) in [6, 6.07) is 5.29. The maximum absolute atomic E-state index is 12.2. The molecule has 1 aromatic carbocycles. The molecule has 2 N–H and O–H groups in total. The lowest BCUT2D eigenvalue weighted by atomic mass is 10.2. The van der Waals surface area contributed by atoms with Crippen LogP contribution in [0.2, 0.25) is 0 Å². The Kier molecular flexibility index (Phi) is 3.96. The van der Waals surface area contributed by atoms with Crippen molar-refractivity contribution in [2.24, 2.45) is 0 Å². The molecular weight excluding hydrogens is 276 g/mol. The second kappa shape index (κ2) is 5.71. The van der Waals surface area contributed by atoms with Crippen molar-refractivity contribution in [3.63, 3.8) is 0 Å². The van der Waals surface area contributed by atoms with Crippen LogP contribution >= 0.6 is 0 Å². The molecule has 0 bridgehead atoms. The highest BCUT2D eigenvalue weighted by molar-refractivity contribution is 7.89. The molecule has 110 valence electrons. The van der Waals surface area contributed by atoms with E-state index in [1.165, 1.54) is 5.56 Å². The smallest absolute Gasteiger partial charge is 0.240 e. The van der Waals surface area contributed by atoms with Crippen molar-refractivity contribution in [2.75, 3.05) is 25.0 Å². The van der Waals surface area contributed by atoms with Crippen molar-refractivity contribution < 1.29 is 13.2 Å². The molecule has 20 heavy (non-hydrogen) atoms. The number of ether oxygens (including phenoxy) is 1. The van der Waals surface area contributed by atoms with Crippen molar-refractivity contribution in [2.45, 2.75) is 36.7 Å². The van der Waals surface area contributed by atoms with Crippen molar-refractivity contribution in [3.05, 3.63) is 23.8 Å². The van der Waals surface area contributed by atoms with E-state index in [0.29, 0.717) is 11.4 Å². The summed E-state index contributed by atoms with van der Waals surface area (Å²) in [7, 11) is -3.42. The first-order valence-corrected chi connectivity index (χ1v) is 8.61.